The van der Waals surface area contributed by atoms with Gasteiger partial charge in [-0.05, 0) is 84.9 Å². The van der Waals surface area contributed by atoms with Gasteiger partial charge in [-0.3, -0.25) is 0 Å². The van der Waals surface area contributed by atoms with Crippen LogP contribution in [-0.4, -0.2) is 48.7 Å². The van der Waals surface area contributed by atoms with E-state index in [9.17, 15) is 20.4 Å². The number of aromatic hydroxyl groups is 4. The van der Waals surface area contributed by atoms with Crippen LogP contribution in [-0.2, 0) is 0 Å². The quantitative estimate of drug-likeness (QED) is 0.132. The molecular formula is C54H34N6O4. The Kier molecular flexibility index (Phi) is 7.39. The van der Waals surface area contributed by atoms with E-state index in [0.717, 1.165) is 66.1 Å². The van der Waals surface area contributed by atoms with Crippen LogP contribution in [0.5, 0.6) is 23.5 Å². The van der Waals surface area contributed by atoms with E-state index in [1.807, 2.05) is 97.1 Å². The monoisotopic (exact) mass is 830 g/mol. The van der Waals surface area contributed by atoms with Crippen LogP contribution in [0.4, 0.5) is 0 Å². The van der Waals surface area contributed by atoms with E-state index in [4.69, 9.17) is 9.97 Å². The first-order valence-corrected chi connectivity index (χ1v) is 20.9. The van der Waals surface area contributed by atoms with Gasteiger partial charge in [-0.25, -0.2) is 19.1 Å². The predicted molar refractivity (Wildman–Crippen MR) is 251 cm³/mol. The van der Waals surface area contributed by atoms with Crippen molar-refractivity contribution < 1.29 is 20.4 Å². The lowest BCUT2D eigenvalue weighted by Gasteiger charge is -2.14. The van der Waals surface area contributed by atoms with E-state index in [-0.39, 0.29) is 57.4 Å². The molecule has 0 spiro atoms. The zero-order valence-electron chi connectivity index (χ0n) is 33.8. The van der Waals surface area contributed by atoms with Gasteiger partial charge in [-0.1, -0.05) is 97.1 Å². The number of nitrogens with zero attached hydrogens (tertiary/aromatic N) is 6. The molecule has 6 heterocycles. The van der Waals surface area contributed by atoms with Gasteiger partial charge in [-0.2, -0.15) is 0 Å². The summed E-state index contributed by atoms with van der Waals surface area (Å²) in [7, 11) is 0. The summed E-state index contributed by atoms with van der Waals surface area (Å²) >= 11 is 0. The Balaban J connectivity index is 0.861. The maximum Gasteiger partial charge on any atom is 0.208 e. The molecule has 304 valence electrons. The summed E-state index contributed by atoms with van der Waals surface area (Å²) in [5.41, 5.74) is 10.2. The highest BCUT2D eigenvalue weighted by atomic mass is 16.3. The number of rotatable bonds is 6. The predicted octanol–water partition coefficient (Wildman–Crippen LogP) is 12.1. The lowest BCUT2D eigenvalue weighted by atomic mass is 9.86. The second-order valence-electron chi connectivity index (χ2n) is 16.1. The fourth-order valence-corrected chi connectivity index (χ4v) is 9.81. The van der Waals surface area contributed by atoms with Gasteiger partial charge in [0, 0.05) is 44.0 Å². The maximum atomic E-state index is 11.7. The molecule has 1 aliphatic rings. The molecule has 0 bridgehead atoms. The zero-order valence-corrected chi connectivity index (χ0v) is 33.8. The molecule has 0 saturated carbocycles. The molecule has 12 aromatic rings. The average Bonchev–Trinajstić information content (AvgIpc) is 3.97. The second kappa shape index (κ2) is 13.2. The summed E-state index contributed by atoms with van der Waals surface area (Å²) in [5, 5.41) is 51.3. The highest BCUT2D eigenvalue weighted by Gasteiger charge is 2.44. The summed E-state index contributed by atoms with van der Waals surface area (Å²) in [4.78, 5) is 9.82. The Bertz CT molecular complexity index is 3580. The molecule has 0 atom stereocenters. The summed E-state index contributed by atoms with van der Waals surface area (Å²) in [6, 6.07) is 60.4. The first-order valence-electron chi connectivity index (χ1n) is 20.9. The molecule has 13 rings (SSSR count). The van der Waals surface area contributed by atoms with Gasteiger partial charge in [0.05, 0.1) is 55.7 Å². The van der Waals surface area contributed by atoms with E-state index < -0.39 is 0 Å². The average molecular weight is 831 g/mol. The number of para-hydroxylation sites is 4. The lowest BCUT2D eigenvalue weighted by Crippen LogP contribution is -1.98. The molecule has 1 aliphatic carbocycles. The fourth-order valence-electron chi connectivity index (χ4n) is 9.81. The van der Waals surface area contributed by atoms with Crippen LogP contribution in [0.2, 0.25) is 0 Å². The highest BCUT2D eigenvalue weighted by molar-refractivity contribution is 6.14. The Hall–Kier alpha value is -9.02. The van der Waals surface area contributed by atoms with Crippen molar-refractivity contribution in [3.05, 3.63) is 182 Å². The number of fused-ring (bicyclic) bond motifs is 10. The molecule has 6 aromatic carbocycles. The van der Waals surface area contributed by atoms with E-state index >= 15 is 0 Å². The number of aromatic nitrogens is 6. The molecule has 0 radical (unpaired) electrons. The molecule has 6 aromatic heterocycles. The molecule has 0 saturated heterocycles. The van der Waals surface area contributed by atoms with Crippen molar-refractivity contribution in [3.8, 4) is 91.3 Å². The standard InChI is InChI=1S/C54H34N6O4/c61-51-47-48(52(62)59(51)45-23-11-19-39(55-45)31-25-27-43-37(29-31)35-17-7-9-21-41(35)57(43)33-13-3-1-4-14-33)50-49(47)53(63)60(54(50)64)46-24-12-20-40(56-46)32-26-28-44-38(30-32)36-18-8-10-22-42(36)58(44)34-15-5-2-6-16-34/h1-30,61-64H. The van der Waals surface area contributed by atoms with Crippen molar-refractivity contribution in [2.24, 2.45) is 0 Å². The van der Waals surface area contributed by atoms with Crippen LogP contribution in [0.1, 0.15) is 0 Å². The first-order chi connectivity index (χ1) is 31.4. The van der Waals surface area contributed by atoms with Crippen molar-refractivity contribution in [1.29, 1.82) is 0 Å². The van der Waals surface area contributed by atoms with Crippen LogP contribution in [0.3, 0.4) is 0 Å². The van der Waals surface area contributed by atoms with Crippen LogP contribution in [0.25, 0.3) is 111 Å². The topological polar surface area (TPSA) is 126 Å². The second-order valence-corrected chi connectivity index (χ2v) is 16.1. The number of benzene rings is 6. The maximum absolute atomic E-state index is 11.7. The van der Waals surface area contributed by atoms with Gasteiger partial charge in [0.15, 0.2) is 0 Å². The molecule has 64 heavy (non-hydrogen) atoms. The van der Waals surface area contributed by atoms with Crippen molar-refractivity contribution >= 4 is 43.6 Å². The van der Waals surface area contributed by atoms with Gasteiger partial charge >= 0.3 is 0 Å². The summed E-state index contributed by atoms with van der Waals surface area (Å²) < 4.78 is 6.97. The number of pyridine rings is 2. The van der Waals surface area contributed by atoms with Crippen molar-refractivity contribution in [2.45, 2.75) is 0 Å². The third kappa shape index (κ3) is 4.90. The van der Waals surface area contributed by atoms with Gasteiger partial charge in [0.2, 0.25) is 23.5 Å². The van der Waals surface area contributed by atoms with Crippen molar-refractivity contribution in [2.75, 3.05) is 0 Å². The lowest BCUT2D eigenvalue weighted by molar-refractivity contribution is 0.396. The van der Waals surface area contributed by atoms with Crippen LogP contribution in [0, 0.1) is 0 Å². The van der Waals surface area contributed by atoms with E-state index in [2.05, 4.69) is 81.9 Å². The van der Waals surface area contributed by atoms with Crippen molar-refractivity contribution in [3.63, 3.8) is 0 Å². The Morgan fingerprint density at radius 1 is 0.297 bits per heavy atom. The minimum absolute atomic E-state index is 0.206. The summed E-state index contributed by atoms with van der Waals surface area (Å²) in [6.07, 6.45) is 0. The molecular weight excluding hydrogens is 797 g/mol. The SMILES string of the molecule is Oc1c2c(c(O)n1-c1cccc(-c3ccc4c(c3)c3ccccc3n4-c3ccccc3)n1)-c1c-2c(O)n(-c2cccc(-c3ccc4c(c3)c3ccccc3n4-c3ccccc3)n2)c1O. The fraction of sp³-hybridized carbons (Fsp3) is 0. The zero-order chi connectivity index (χ0) is 42.8. The first kappa shape index (κ1) is 35.7. The minimum Gasteiger partial charge on any atom is -0.494 e. The molecule has 0 amide bonds. The molecule has 0 fully saturated rings. The van der Waals surface area contributed by atoms with E-state index in [0.29, 0.717) is 11.4 Å². The molecule has 10 heteroatoms. The Morgan fingerprint density at radius 3 is 1.06 bits per heavy atom. The van der Waals surface area contributed by atoms with Gasteiger partial charge in [0.1, 0.15) is 11.6 Å². The number of hydrogen-bond donors (Lipinski definition) is 4. The summed E-state index contributed by atoms with van der Waals surface area (Å²) in [5.74, 6) is -0.734. The molecule has 0 unspecified atom stereocenters. The minimum atomic E-state index is -0.317. The van der Waals surface area contributed by atoms with E-state index in [1.54, 1.807) is 12.1 Å². The third-order valence-corrected chi connectivity index (χ3v) is 12.6. The van der Waals surface area contributed by atoms with Crippen LogP contribution >= 0.6 is 0 Å². The van der Waals surface area contributed by atoms with E-state index in [1.165, 1.54) is 9.13 Å². The van der Waals surface area contributed by atoms with Crippen molar-refractivity contribution in [1.82, 2.24) is 28.2 Å². The number of hydrogen-bond acceptors (Lipinski definition) is 6. The molecule has 0 aliphatic heterocycles. The normalized spacial score (nSPS) is 12.0. The van der Waals surface area contributed by atoms with Crippen LogP contribution < -0.4 is 0 Å². The summed E-state index contributed by atoms with van der Waals surface area (Å²) in [6.45, 7) is 0. The highest BCUT2D eigenvalue weighted by Crippen LogP contribution is 2.65. The molecule has 10 nitrogen and oxygen atoms in total. The Morgan fingerprint density at radius 2 is 0.656 bits per heavy atom. The van der Waals surface area contributed by atoms with Gasteiger partial charge < -0.3 is 29.6 Å². The van der Waals surface area contributed by atoms with Gasteiger partial charge in [0.25, 0.3) is 0 Å². The molecule has 4 N–H and O–H groups in total. The van der Waals surface area contributed by atoms with Gasteiger partial charge in [-0.15, -0.1) is 0 Å². The Labute approximate surface area is 364 Å². The van der Waals surface area contributed by atoms with Crippen LogP contribution in [0.15, 0.2) is 182 Å². The third-order valence-electron chi connectivity index (χ3n) is 12.6. The largest absolute Gasteiger partial charge is 0.494 e. The smallest absolute Gasteiger partial charge is 0.208 e.